The van der Waals surface area contributed by atoms with Gasteiger partial charge in [-0.15, -0.1) is 0 Å². The van der Waals surface area contributed by atoms with E-state index in [0.717, 1.165) is 11.6 Å². The Kier molecular flexibility index (Phi) is 7.49. The van der Waals surface area contributed by atoms with Gasteiger partial charge in [0.1, 0.15) is 4.90 Å². The number of hydrogen-bond acceptors (Lipinski definition) is 8. The number of non-ortho nitro benzene ring substituents is 1. The van der Waals surface area contributed by atoms with E-state index >= 15 is 0 Å². The Balaban J connectivity index is 1.78. The van der Waals surface area contributed by atoms with E-state index in [4.69, 9.17) is 20.5 Å². The number of nitro benzene ring substituents is 1. The molecule has 0 saturated carbocycles. The first-order chi connectivity index (χ1) is 16.1. The topological polar surface area (TPSA) is 137 Å². The number of nitrogens with zero attached hydrogens (tertiary/aromatic N) is 2. The van der Waals surface area contributed by atoms with Crippen LogP contribution < -0.4 is 14.3 Å². The fourth-order valence-electron chi connectivity index (χ4n) is 2.75. The predicted octanol–water partition coefficient (Wildman–Crippen LogP) is 4.10. The Bertz CT molecular complexity index is 1370. The van der Waals surface area contributed by atoms with Crippen molar-refractivity contribution in [2.24, 2.45) is 5.10 Å². The summed E-state index contributed by atoms with van der Waals surface area (Å²) in [7, 11) is -2.86. The summed E-state index contributed by atoms with van der Waals surface area (Å²) in [5.74, 6) is -0.848. The van der Waals surface area contributed by atoms with Gasteiger partial charge in [0.2, 0.25) is 5.75 Å². The summed E-state index contributed by atoms with van der Waals surface area (Å²) in [5, 5.41) is 14.6. The molecular formula is C22H18ClN3O7S. The monoisotopic (exact) mass is 503 g/mol. The summed E-state index contributed by atoms with van der Waals surface area (Å²) in [6, 6.07) is 14.0. The van der Waals surface area contributed by atoms with Crippen LogP contribution in [-0.4, -0.2) is 32.6 Å². The fourth-order valence-corrected chi connectivity index (χ4v) is 4.01. The minimum Gasteiger partial charge on any atom is -0.493 e. The Morgan fingerprint density at radius 2 is 1.85 bits per heavy atom. The minimum atomic E-state index is -4.17. The van der Waals surface area contributed by atoms with Crippen molar-refractivity contribution in [3.63, 3.8) is 0 Å². The van der Waals surface area contributed by atoms with Crippen molar-refractivity contribution >= 4 is 39.5 Å². The molecule has 1 amide bonds. The largest absolute Gasteiger partial charge is 0.493 e. The molecule has 34 heavy (non-hydrogen) atoms. The van der Waals surface area contributed by atoms with Gasteiger partial charge >= 0.3 is 10.1 Å². The summed E-state index contributed by atoms with van der Waals surface area (Å²) >= 11 is 6.23. The summed E-state index contributed by atoms with van der Waals surface area (Å²) in [4.78, 5) is 22.4. The Morgan fingerprint density at radius 3 is 2.50 bits per heavy atom. The van der Waals surface area contributed by atoms with E-state index in [0.29, 0.717) is 5.56 Å². The standard InChI is InChI=1S/C22H18ClN3O7S/c1-14-6-8-18(9-7-14)34(30,31)33-21-19(23)10-15(11-20(21)32-2)13-24-25-22(27)16-4-3-5-17(12-16)26(28)29/h3-13H,1-2H3,(H,25,27)/b24-13-. The van der Waals surface area contributed by atoms with Gasteiger partial charge in [0, 0.05) is 17.7 Å². The lowest BCUT2D eigenvalue weighted by molar-refractivity contribution is -0.384. The van der Waals surface area contributed by atoms with E-state index < -0.39 is 20.9 Å². The lowest BCUT2D eigenvalue weighted by Crippen LogP contribution is -2.17. The summed E-state index contributed by atoms with van der Waals surface area (Å²) in [6.45, 7) is 1.82. The van der Waals surface area contributed by atoms with E-state index in [-0.39, 0.29) is 32.7 Å². The molecule has 3 aromatic rings. The molecule has 0 fully saturated rings. The van der Waals surface area contributed by atoms with Gasteiger partial charge in [-0.3, -0.25) is 14.9 Å². The molecular weight excluding hydrogens is 486 g/mol. The number of hydrogen-bond donors (Lipinski definition) is 1. The molecule has 176 valence electrons. The number of aryl methyl sites for hydroxylation is 1. The maximum Gasteiger partial charge on any atom is 0.339 e. The second kappa shape index (κ2) is 10.3. The second-order valence-electron chi connectivity index (χ2n) is 6.89. The van der Waals surface area contributed by atoms with Crippen molar-refractivity contribution in [1.29, 1.82) is 0 Å². The van der Waals surface area contributed by atoms with Crippen molar-refractivity contribution in [2.45, 2.75) is 11.8 Å². The average Bonchev–Trinajstić information content (AvgIpc) is 2.80. The quantitative estimate of drug-likeness (QED) is 0.211. The highest BCUT2D eigenvalue weighted by Gasteiger charge is 2.22. The van der Waals surface area contributed by atoms with Crippen LogP contribution in [0.3, 0.4) is 0 Å². The van der Waals surface area contributed by atoms with Crippen LogP contribution in [0.1, 0.15) is 21.5 Å². The zero-order valence-electron chi connectivity index (χ0n) is 17.9. The molecule has 0 atom stereocenters. The number of nitro groups is 1. The first-order valence-electron chi connectivity index (χ1n) is 9.57. The number of methoxy groups -OCH3 is 1. The molecule has 0 unspecified atom stereocenters. The van der Waals surface area contributed by atoms with Crippen molar-refractivity contribution in [1.82, 2.24) is 5.43 Å². The molecule has 0 aliphatic carbocycles. The molecule has 3 aromatic carbocycles. The van der Waals surface area contributed by atoms with Crippen LogP contribution >= 0.6 is 11.6 Å². The fraction of sp³-hybridized carbons (Fsp3) is 0.0909. The highest BCUT2D eigenvalue weighted by Crippen LogP contribution is 2.38. The molecule has 12 heteroatoms. The molecule has 0 aliphatic rings. The number of halogens is 1. The third-order valence-electron chi connectivity index (χ3n) is 4.45. The van der Waals surface area contributed by atoms with E-state index in [9.17, 15) is 23.3 Å². The van der Waals surface area contributed by atoms with E-state index in [1.54, 1.807) is 12.1 Å². The normalized spacial score (nSPS) is 11.3. The van der Waals surface area contributed by atoms with Crippen LogP contribution in [0.25, 0.3) is 0 Å². The van der Waals surface area contributed by atoms with Crippen molar-refractivity contribution in [2.75, 3.05) is 7.11 Å². The smallest absolute Gasteiger partial charge is 0.339 e. The zero-order chi connectivity index (χ0) is 24.9. The van der Waals surface area contributed by atoms with E-state index in [1.807, 2.05) is 6.92 Å². The van der Waals surface area contributed by atoms with Gasteiger partial charge in [0.15, 0.2) is 5.75 Å². The average molecular weight is 504 g/mol. The molecule has 0 heterocycles. The number of carbonyl (C=O) groups is 1. The Morgan fingerprint density at radius 1 is 1.15 bits per heavy atom. The maximum absolute atomic E-state index is 12.6. The van der Waals surface area contributed by atoms with Crippen molar-refractivity contribution in [3.05, 3.63) is 92.5 Å². The predicted molar refractivity (Wildman–Crippen MR) is 125 cm³/mol. The van der Waals surface area contributed by atoms with Gasteiger partial charge < -0.3 is 8.92 Å². The lowest BCUT2D eigenvalue weighted by atomic mass is 10.2. The molecule has 1 N–H and O–H groups in total. The number of benzene rings is 3. The van der Waals surface area contributed by atoms with Crippen molar-refractivity contribution < 1.29 is 27.1 Å². The molecule has 0 radical (unpaired) electrons. The maximum atomic E-state index is 12.6. The SMILES string of the molecule is COc1cc(/C=N\NC(=O)c2cccc([N+](=O)[O-])c2)cc(Cl)c1OS(=O)(=O)c1ccc(C)cc1. The number of carbonyl (C=O) groups excluding carboxylic acids is 1. The van der Waals surface area contributed by atoms with Crippen LogP contribution in [0.5, 0.6) is 11.5 Å². The van der Waals surface area contributed by atoms with Crippen LogP contribution in [-0.2, 0) is 10.1 Å². The third-order valence-corrected chi connectivity index (χ3v) is 5.97. The van der Waals surface area contributed by atoms with Gasteiger partial charge in [0.25, 0.3) is 11.6 Å². The summed E-state index contributed by atoms with van der Waals surface area (Å²) in [5.41, 5.74) is 3.31. The second-order valence-corrected chi connectivity index (χ2v) is 8.84. The van der Waals surface area contributed by atoms with Gasteiger partial charge in [-0.1, -0.05) is 35.4 Å². The van der Waals surface area contributed by atoms with Crippen LogP contribution in [0.15, 0.2) is 70.7 Å². The number of rotatable bonds is 8. The van der Waals surface area contributed by atoms with Gasteiger partial charge in [-0.05, 0) is 42.8 Å². The zero-order valence-corrected chi connectivity index (χ0v) is 19.5. The molecule has 3 rings (SSSR count). The Hall–Kier alpha value is -3.96. The number of hydrazone groups is 1. The lowest BCUT2D eigenvalue weighted by Gasteiger charge is -2.13. The first-order valence-corrected chi connectivity index (χ1v) is 11.4. The third kappa shape index (κ3) is 5.88. The minimum absolute atomic E-state index is 0.0228. The molecule has 0 bridgehead atoms. The highest BCUT2D eigenvalue weighted by atomic mass is 35.5. The number of amides is 1. The van der Waals surface area contributed by atoms with Gasteiger partial charge in [0.05, 0.1) is 23.3 Å². The number of nitrogens with one attached hydrogen (secondary N) is 1. The van der Waals surface area contributed by atoms with Crippen molar-refractivity contribution in [3.8, 4) is 11.5 Å². The summed E-state index contributed by atoms with van der Waals surface area (Å²) < 4.78 is 35.7. The van der Waals surface area contributed by atoms with E-state index in [2.05, 4.69) is 10.5 Å². The molecule has 10 nitrogen and oxygen atoms in total. The molecule has 0 aliphatic heterocycles. The number of ether oxygens (including phenoxy) is 1. The van der Waals surface area contributed by atoms with Crippen LogP contribution in [0.4, 0.5) is 5.69 Å². The van der Waals surface area contributed by atoms with Gasteiger partial charge in [-0.2, -0.15) is 13.5 Å². The molecule has 0 aromatic heterocycles. The summed E-state index contributed by atoms with van der Waals surface area (Å²) in [6.07, 6.45) is 1.24. The molecule has 0 spiro atoms. The molecule has 0 saturated heterocycles. The highest BCUT2D eigenvalue weighted by molar-refractivity contribution is 7.87. The van der Waals surface area contributed by atoms with Crippen LogP contribution in [0.2, 0.25) is 5.02 Å². The Labute approximate surface area is 200 Å². The van der Waals surface area contributed by atoms with Gasteiger partial charge in [-0.25, -0.2) is 5.43 Å². The van der Waals surface area contributed by atoms with E-state index in [1.165, 1.54) is 55.8 Å². The van der Waals surface area contributed by atoms with Crippen LogP contribution in [0, 0.1) is 17.0 Å². The first kappa shape index (κ1) is 24.7.